The summed E-state index contributed by atoms with van der Waals surface area (Å²) in [5, 5.41) is 3.86. The van der Waals surface area contributed by atoms with Crippen LogP contribution < -0.4 is 5.32 Å². The van der Waals surface area contributed by atoms with E-state index in [0.29, 0.717) is 0 Å². The molecular formula is C24H33N. The van der Waals surface area contributed by atoms with Crippen LogP contribution in [-0.2, 0) is 0 Å². The summed E-state index contributed by atoms with van der Waals surface area (Å²) in [5.74, 6) is 0. The lowest BCUT2D eigenvalue weighted by Gasteiger charge is -2.30. The predicted molar refractivity (Wildman–Crippen MR) is 109 cm³/mol. The van der Waals surface area contributed by atoms with Gasteiger partial charge >= 0.3 is 0 Å². The zero-order valence-corrected chi connectivity index (χ0v) is 15.5. The van der Waals surface area contributed by atoms with Crippen LogP contribution in [0.5, 0.6) is 0 Å². The van der Waals surface area contributed by atoms with Gasteiger partial charge in [0.15, 0.2) is 0 Å². The van der Waals surface area contributed by atoms with E-state index in [0.717, 1.165) is 12.1 Å². The van der Waals surface area contributed by atoms with E-state index in [2.05, 4.69) is 53.8 Å². The summed E-state index contributed by atoms with van der Waals surface area (Å²) in [4.78, 5) is 0. The van der Waals surface area contributed by atoms with E-state index >= 15 is 0 Å². The second kappa shape index (κ2) is 10.4. The van der Waals surface area contributed by atoms with Crippen LogP contribution >= 0.6 is 0 Å². The van der Waals surface area contributed by atoms with Gasteiger partial charge in [-0.3, -0.25) is 0 Å². The largest absolute Gasteiger partial charge is 0.311 e. The minimum absolute atomic E-state index is 0.872. The van der Waals surface area contributed by atoms with E-state index < -0.39 is 0 Å². The van der Waals surface area contributed by atoms with Crippen molar-refractivity contribution in [1.82, 2.24) is 5.32 Å². The van der Waals surface area contributed by atoms with Crippen molar-refractivity contribution in [3.63, 3.8) is 0 Å². The van der Waals surface area contributed by atoms with Crippen LogP contribution in [0.1, 0.15) is 64.2 Å². The molecule has 0 aromatic heterocycles. The first-order chi connectivity index (χ1) is 12.4. The molecule has 1 nitrogen and oxygen atoms in total. The summed E-state index contributed by atoms with van der Waals surface area (Å²) in [7, 11) is 0. The molecule has 1 heteroatoms. The first-order valence-corrected chi connectivity index (χ1v) is 10.3. The van der Waals surface area contributed by atoms with E-state index in [4.69, 9.17) is 0 Å². The van der Waals surface area contributed by atoms with E-state index in [1.807, 2.05) is 12.1 Å². The van der Waals surface area contributed by atoms with Crippen molar-refractivity contribution < 1.29 is 0 Å². The third-order valence-corrected chi connectivity index (χ3v) is 5.56. The summed E-state index contributed by atoms with van der Waals surface area (Å²) >= 11 is 0. The fourth-order valence-electron chi connectivity index (χ4n) is 4.13. The molecule has 0 spiro atoms. The molecule has 0 bridgehead atoms. The Hall–Kier alpha value is -1.60. The molecule has 2 aliphatic carbocycles. The van der Waals surface area contributed by atoms with Crippen LogP contribution in [0.15, 0.2) is 60.7 Å². The predicted octanol–water partition coefficient (Wildman–Crippen LogP) is 6.60. The Kier molecular flexibility index (Phi) is 7.57. The van der Waals surface area contributed by atoms with Crippen LogP contribution in [0.2, 0.25) is 0 Å². The Bertz CT molecular complexity index is 512. The van der Waals surface area contributed by atoms with Gasteiger partial charge in [0.2, 0.25) is 0 Å². The fourth-order valence-corrected chi connectivity index (χ4v) is 4.13. The fraction of sp³-hybridized carbons (Fsp3) is 0.500. The van der Waals surface area contributed by atoms with Crippen molar-refractivity contribution in [3.8, 4) is 11.1 Å². The van der Waals surface area contributed by atoms with Gasteiger partial charge in [-0.25, -0.2) is 0 Å². The van der Waals surface area contributed by atoms with Crippen molar-refractivity contribution >= 4 is 0 Å². The number of hydrogen-bond acceptors (Lipinski definition) is 1. The third-order valence-electron chi connectivity index (χ3n) is 5.56. The lowest BCUT2D eigenvalue weighted by Crippen LogP contribution is -2.40. The number of hydrogen-bond donors (Lipinski definition) is 1. The Labute approximate surface area is 153 Å². The maximum atomic E-state index is 3.86. The molecule has 1 N–H and O–H groups in total. The van der Waals surface area contributed by atoms with Gasteiger partial charge in [0.1, 0.15) is 0 Å². The van der Waals surface area contributed by atoms with Crippen molar-refractivity contribution in [2.45, 2.75) is 76.3 Å². The summed E-state index contributed by atoms with van der Waals surface area (Å²) in [6.45, 7) is 0. The smallest absolute Gasteiger partial charge is 0.00696 e. The van der Waals surface area contributed by atoms with Gasteiger partial charge in [0.05, 0.1) is 0 Å². The van der Waals surface area contributed by atoms with E-state index in [1.165, 1.54) is 75.3 Å². The average molecular weight is 336 g/mol. The van der Waals surface area contributed by atoms with Gasteiger partial charge in [-0.15, -0.1) is 0 Å². The summed E-state index contributed by atoms with van der Waals surface area (Å²) < 4.78 is 0. The SMILES string of the molecule is C1CCC(NC2CCCCC2)CC1.c1ccc(-c2ccccc2)cc1. The summed E-state index contributed by atoms with van der Waals surface area (Å²) in [6, 6.07) is 22.5. The first-order valence-electron chi connectivity index (χ1n) is 10.3. The third kappa shape index (κ3) is 6.32. The maximum Gasteiger partial charge on any atom is 0.00696 e. The van der Waals surface area contributed by atoms with E-state index in [9.17, 15) is 0 Å². The first kappa shape index (κ1) is 18.2. The Morgan fingerprint density at radius 3 is 1.20 bits per heavy atom. The Morgan fingerprint density at radius 2 is 0.840 bits per heavy atom. The van der Waals surface area contributed by atoms with Gasteiger partial charge in [-0.1, -0.05) is 99.2 Å². The van der Waals surface area contributed by atoms with Crippen LogP contribution in [0.4, 0.5) is 0 Å². The number of benzene rings is 2. The lowest BCUT2D eigenvalue weighted by atomic mass is 9.91. The quantitative estimate of drug-likeness (QED) is 0.666. The van der Waals surface area contributed by atoms with Crippen molar-refractivity contribution in [3.05, 3.63) is 60.7 Å². The molecule has 4 rings (SSSR count). The van der Waals surface area contributed by atoms with Gasteiger partial charge in [0.25, 0.3) is 0 Å². The van der Waals surface area contributed by atoms with Crippen molar-refractivity contribution in [2.24, 2.45) is 0 Å². The highest BCUT2D eigenvalue weighted by molar-refractivity contribution is 5.62. The monoisotopic (exact) mass is 335 g/mol. The molecule has 0 atom stereocenters. The standard InChI is InChI=1S/C12H23N.C12H10/c1-3-7-11(8-4-1)13-12-9-5-2-6-10-12;1-3-7-11(8-4-1)12-9-5-2-6-10-12/h11-13H,1-10H2;1-10H. The second-order valence-corrected chi connectivity index (χ2v) is 7.57. The molecule has 2 fully saturated rings. The normalized spacial score (nSPS) is 19.0. The van der Waals surface area contributed by atoms with Crippen LogP contribution in [-0.4, -0.2) is 12.1 Å². The molecular weight excluding hydrogens is 302 g/mol. The zero-order valence-electron chi connectivity index (χ0n) is 15.5. The highest BCUT2D eigenvalue weighted by atomic mass is 14.9. The summed E-state index contributed by atoms with van der Waals surface area (Å²) in [6.07, 6.45) is 14.6. The minimum Gasteiger partial charge on any atom is -0.311 e. The topological polar surface area (TPSA) is 12.0 Å². The molecule has 2 aromatic carbocycles. The van der Waals surface area contributed by atoms with Gasteiger partial charge in [-0.2, -0.15) is 0 Å². The highest BCUT2D eigenvalue weighted by Gasteiger charge is 2.19. The number of rotatable bonds is 3. The average Bonchev–Trinajstić information content (AvgIpc) is 2.71. The molecule has 2 saturated carbocycles. The van der Waals surface area contributed by atoms with Crippen LogP contribution in [0, 0.1) is 0 Å². The van der Waals surface area contributed by atoms with Crippen molar-refractivity contribution in [2.75, 3.05) is 0 Å². The maximum absolute atomic E-state index is 3.86. The van der Waals surface area contributed by atoms with E-state index in [-0.39, 0.29) is 0 Å². The van der Waals surface area contributed by atoms with Crippen molar-refractivity contribution in [1.29, 1.82) is 0 Å². The summed E-state index contributed by atoms with van der Waals surface area (Å²) in [5.41, 5.74) is 2.55. The second-order valence-electron chi connectivity index (χ2n) is 7.57. The van der Waals surface area contributed by atoms with Gasteiger partial charge < -0.3 is 5.32 Å². The Morgan fingerprint density at radius 1 is 0.480 bits per heavy atom. The van der Waals surface area contributed by atoms with Crippen LogP contribution in [0.3, 0.4) is 0 Å². The van der Waals surface area contributed by atoms with Crippen LogP contribution in [0.25, 0.3) is 11.1 Å². The Balaban J connectivity index is 0.000000146. The molecule has 134 valence electrons. The molecule has 0 radical (unpaired) electrons. The molecule has 0 aliphatic heterocycles. The zero-order chi connectivity index (χ0) is 17.2. The van der Waals surface area contributed by atoms with Gasteiger partial charge in [-0.05, 0) is 36.8 Å². The molecule has 2 aliphatic rings. The number of nitrogens with one attached hydrogen (secondary N) is 1. The van der Waals surface area contributed by atoms with Gasteiger partial charge in [0, 0.05) is 12.1 Å². The minimum atomic E-state index is 0.872. The molecule has 0 amide bonds. The molecule has 25 heavy (non-hydrogen) atoms. The highest BCUT2D eigenvalue weighted by Crippen LogP contribution is 2.22. The molecule has 0 saturated heterocycles. The lowest BCUT2D eigenvalue weighted by molar-refractivity contribution is 0.291. The molecule has 0 unspecified atom stereocenters. The molecule has 0 heterocycles. The van der Waals surface area contributed by atoms with E-state index in [1.54, 1.807) is 0 Å². The molecule has 2 aromatic rings.